The summed E-state index contributed by atoms with van der Waals surface area (Å²) in [6.07, 6.45) is -0.654. The maximum absolute atomic E-state index is 12.5. The van der Waals surface area contributed by atoms with Gasteiger partial charge in [0.2, 0.25) is 0 Å². The van der Waals surface area contributed by atoms with Crippen LogP contribution in [0.3, 0.4) is 0 Å². The van der Waals surface area contributed by atoms with Gasteiger partial charge in [0.1, 0.15) is 0 Å². The number of amides is 1. The molecule has 11 heteroatoms. The average Bonchev–Trinajstić information content (AvgIpc) is 3.07. The van der Waals surface area contributed by atoms with Crippen LogP contribution in [-0.4, -0.2) is 43.5 Å². The Morgan fingerprint density at radius 1 is 1.19 bits per heavy atom. The number of unbranched alkanes of at least 4 members (excludes halogenated alkanes) is 2. The third-order valence-electron chi connectivity index (χ3n) is 3.39. The number of nitrogens with one attached hydrogen (secondary N) is 1. The number of hydrogen-bond donors (Lipinski definition) is 2. The quantitative estimate of drug-likeness (QED) is 0.688. The predicted molar refractivity (Wildman–Crippen MR) is 82.6 cm³/mol. The highest BCUT2D eigenvalue weighted by molar-refractivity contribution is 5.91. The maximum Gasteiger partial charge on any atom is 0.417 e. The van der Waals surface area contributed by atoms with E-state index in [1.54, 1.807) is 0 Å². The number of hydrogen-bond acceptors (Lipinski definition) is 5. The first kappa shape index (κ1) is 19.3. The van der Waals surface area contributed by atoms with Gasteiger partial charge in [0, 0.05) is 19.2 Å². The third-order valence-corrected chi connectivity index (χ3v) is 3.39. The highest BCUT2D eigenvalue weighted by Gasteiger charge is 2.30. The van der Waals surface area contributed by atoms with E-state index >= 15 is 0 Å². The SMILES string of the molecule is O=C(O)CCCCCNC(=O)c1cn(-c2ccc(C(F)(F)F)cn2)nn1. The van der Waals surface area contributed by atoms with Crippen molar-refractivity contribution in [3.63, 3.8) is 0 Å². The van der Waals surface area contributed by atoms with Crippen LogP contribution in [0.4, 0.5) is 13.2 Å². The number of aromatic nitrogens is 4. The number of nitrogens with zero attached hydrogens (tertiary/aromatic N) is 4. The molecule has 0 radical (unpaired) electrons. The summed E-state index contributed by atoms with van der Waals surface area (Å²) in [5, 5.41) is 18.5. The fourth-order valence-corrected chi connectivity index (χ4v) is 2.04. The van der Waals surface area contributed by atoms with E-state index < -0.39 is 23.6 Å². The first-order chi connectivity index (χ1) is 12.3. The molecule has 26 heavy (non-hydrogen) atoms. The minimum absolute atomic E-state index is 0.00256. The lowest BCUT2D eigenvalue weighted by atomic mass is 10.2. The van der Waals surface area contributed by atoms with Crippen molar-refractivity contribution in [3.8, 4) is 5.82 Å². The van der Waals surface area contributed by atoms with Gasteiger partial charge in [-0.3, -0.25) is 9.59 Å². The number of carbonyl (C=O) groups excluding carboxylic acids is 1. The molecule has 140 valence electrons. The third kappa shape index (κ3) is 5.53. The van der Waals surface area contributed by atoms with Crippen molar-refractivity contribution in [1.29, 1.82) is 0 Å². The molecule has 0 unspecified atom stereocenters. The standard InChI is InChI=1S/C15H16F3N5O3/c16-15(17,18)10-5-6-12(20-8-10)23-9-11(21-22-23)14(26)19-7-3-1-2-4-13(24)25/h5-6,8-9H,1-4,7H2,(H,19,26)(H,24,25). The van der Waals surface area contributed by atoms with E-state index in [9.17, 15) is 22.8 Å². The van der Waals surface area contributed by atoms with Crippen molar-refractivity contribution < 1.29 is 27.9 Å². The lowest BCUT2D eigenvalue weighted by molar-refractivity contribution is -0.138. The van der Waals surface area contributed by atoms with E-state index in [0.29, 0.717) is 32.0 Å². The Morgan fingerprint density at radius 2 is 1.96 bits per heavy atom. The summed E-state index contributed by atoms with van der Waals surface area (Å²) in [7, 11) is 0. The van der Waals surface area contributed by atoms with Crippen LogP contribution in [-0.2, 0) is 11.0 Å². The summed E-state index contributed by atoms with van der Waals surface area (Å²) in [6, 6.07) is 1.99. The molecule has 8 nitrogen and oxygen atoms in total. The van der Waals surface area contributed by atoms with Gasteiger partial charge in [0.05, 0.1) is 11.8 Å². The molecule has 0 aliphatic heterocycles. The van der Waals surface area contributed by atoms with E-state index in [4.69, 9.17) is 5.11 Å². The lowest BCUT2D eigenvalue weighted by Gasteiger charge is -2.06. The molecule has 0 aliphatic rings. The second kappa shape index (κ2) is 8.41. The molecule has 2 N–H and O–H groups in total. The first-order valence-corrected chi connectivity index (χ1v) is 7.73. The van der Waals surface area contributed by atoms with Crippen molar-refractivity contribution in [3.05, 3.63) is 35.8 Å². The second-order valence-corrected chi connectivity index (χ2v) is 5.41. The van der Waals surface area contributed by atoms with Crippen molar-refractivity contribution in [2.45, 2.75) is 31.9 Å². The summed E-state index contributed by atoms with van der Waals surface area (Å²) < 4.78 is 38.6. The fourth-order valence-electron chi connectivity index (χ4n) is 2.04. The van der Waals surface area contributed by atoms with Crippen LogP contribution < -0.4 is 5.32 Å². The van der Waals surface area contributed by atoms with Gasteiger partial charge in [-0.25, -0.2) is 9.67 Å². The zero-order chi connectivity index (χ0) is 19.2. The molecule has 0 atom stereocenters. The zero-order valence-corrected chi connectivity index (χ0v) is 13.5. The Hall–Kier alpha value is -2.98. The van der Waals surface area contributed by atoms with Gasteiger partial charge in [0.25, 0.3) is 5.91 Å². The molecule has 2 aromatic heterocycles. The highest BCUT2D eigenvalue weighted by atomic mass is 19.4. The van der Waals surface area contributed by atoms with E-state index in [0.717, 1.165) is 16.8 Å². The molecule has 0 saturated heterocycles. The molecule has 0 fully saturated rings. The van der Waals surface area contributed by atoms with Crippen LogP contribution in [0.1, 0.15) is 41.7 Å². The molecule has 0 aliphatic carbocycles. The Morgan fingerprint density at radius 3 is 2.58 bits per heavy atom. The summed E-state index contributed by atoms with van der Waals surface area (Å²) in [6.45, 7) is 0.351. The molecule has 0 bridgehead atoms. The molecule has 2 rings (SSSR count). The van der Waals surface area contributed by atoms with E-state index in [1.165, 1.54) is 6.20 Å². The number of carbonyl (C=O) groups is 2. The van der Waals surface area contributed by atoms with Crippen molar-refractivity contribution in [2.24, 2.45) is 0 Å². The van der Waals surface area contributed by atoms with E-state index in [-0.39, 0.29) is 17.9 Å². The minimum Gasteiger partial charge on any atom is -0.481 e. The van der Waals surface area contributed by atoms with Gasteiger partial charge in [-0.15, -0.1) is 5.10 Å². The first-order valence-electron chi connectivity index (χ1n) is 7.73. The highest BCUT2D eigenvalue weighted by Crippen LogP contribution is 2.28. The van der Waals surface area contributed by atoms with E-state index in [2.05, 4.69) is 20.6 Å². The number of rotatable bonds is 8. The molecular weight excluding hydrogens is 355 g/mol. The van der Waals surface area contributed by atoms with Crippen LogP contribution >= 0.6 is 0 Å². The number of carboxylic acids is 1. The molecule has 0 aromatic carbocycles. The molecule has 2 aromatic rings. The lowest BCUT2D eigenvalue weighted by Crippen LogP contribution is -2.24. The Kier molecular flexibility index (Phi) is 6.26. The smallest absolute Gasteiger partial charge is 0.417 e. The minimum atomic E-state index is -4.48. The zero-order valence-electron chi connectivity index (χ0n) is 13.5. The van der Waals surface area contributed by atoms with Crippen LogP contribution in [0.5, 0.6) is 0 Å². The molecule has 0 saturated carbocycles. The molecule has 1 amide bonds. The van der Waals surface area contributed by atoms with Crippen LogP contribution in [0.15, 0.2) is 24.5 Å². The molecule has 0 spiro atoms. The van der Waals surface area contributed by atoms with Crippen molar-refractivity contribution >= 4 is 11.9 Å². The summed E-state index contributed by atoms with van der Waals surface area (Å²) in [4.78, 5) is 25.9. The van der Waals surface area contributed by atoms with Gasteiger partial charge < -0.3 is 10.4 Å². The summed E-state index contributed by atoms with van der Waals surface area (Å²) in [5.41, 5.74) is -0.889. The number of carboxylic acid groups (broad SMARTS) is 1. The topological polar surface area (TPSA) is 110 Å². The Bertz CT molecular complexity index is 759. The number of halogens is 3. The average molecular weight is 371 g/mol. The number of pyridine rings is 1. The van der Waals surface area contributed by atoms with Gasteiger partial charge in [-0.2, -0.15) is 13.2 Å². The maximum atomic E-state index is 12.5. The Labute approximate surface area is 146 Å². The van der Waals surface area contributed by atoms with Gasteiger partial charge in [0.15, 0.2) is 11.5 Å². The molecule has 2 heterocycles. The normalized spacial score (nSPS) is 11.3. The Balaban J connectivity index is 1.86. The largest absolute Gasteiger partial charge is 0.481 e. The summed E-state index contributed by atoms with van der Waals surface area (Å²) in [5.74, 6) is -1.25. The van der Waals surface area contributed by atoms with Gasteiger partial charge >= 0.3 is 12.1 Å². The van der Waals surface area contributed by atoms with E-state index in [1.807, 2.05) is 0 Å². The fraction of sp³-hybridized carbons (Fsp3) is 0.400. The number of aliphatic carboxylic acids is 1. The molecular formula is C15H16F3N5O3. The van der Waals surface area contributed by atoms with Crippen LogP contribution in [0.2, 0.25) is 0 Å². The number of alkyl halides is 3. The van der Waals surface area contributed by atoms with Gasteiger partial charge in [-0.05, 0) is 25.0 Å². The van der Waals surface area contributed by atoms with Gasteiger partial charge in [-0.1, -0.05) is 11.6 Å². The predicted octanol–water partition coefficient (Wildman–Crippen LogP) is 2.06. The van der Waals surface area contributed by atoms with Crippen molar-refractivity contribution in [2.75, 3.05) is 6.54 Å². The summed E-state index contributed by atoms with van der Waals surface area (Å²) >= 11 is 0. The van der Waals surface area contributed by atoms with Crippen molar-refractivity contribution in [1.82, 2.24) is 25.3 Å². The van der Waals surface area contributed by atoms with Crippen LogP contribution in [0, 0.1) is 0 Å². The van der Waals surface area contributed by atoms with Crippen LogP contribution in [0.25, 0.3) is 5.82 Å². The monoisotopic (exact) mass is 371 g/mol. The second-order valence-electron chi connectivity index (χ2n) is 5.41.